The first kappa shape index (κ1) is 12.3. The highest BCUT2D eigenvalue weighted by Crippen LogP contribution is 2.22. The van der Waals surface area contributed by atoms with Gasteiger partial charge in [-0.2, -0.15) is 0 Å². The zero-order valence-corrected chi connectivity index (χ0v) is 9.66. The van der Waals surface area contributed by atoms with Gasteiger partial charge in [-0.1, -0.05) is 11.6 Å². The molecule has 2 aromatic rings. The van der Waals surface area contributed by atoms with Gasteiger partial charge < -0.3 is 10.1 Å². The van der Waals surface area contributed by atoms with Gasteiger partial charge in [0, 0.05) is 5.69 Å². The first-order valence-electron chi connectivity index (χ1n) is 4.91. The van der Waals surface area contributed by atoms with E-state index in [9.17, 15) is 14.0 Å². The summed E-state index contributed by atoms with van der Waals surface area (Å²) in [5, 5.41) is 8.64. The Kier molecular flexibility index (Phi) is 3.16. The maximum atomic E-state index is 13.0. The van der Waals surface area contributed by atoms with Crippen LogP contribution in [0, 0.1) is 5.82 Å². The van der Waals surface area contributed by atoms with Crippen LogP contribution in [0.25, 0.3) is 11.3 Å². The van der Waals surface area contributed by atoms with Crippen molar-refractivity contribution in [1.29, 1.82) is 0 Å². The normalized spacial score (nSPS) is 10.3. The lowest BCUT2D eigenvalue weighted by molar-refractivity contribution is 0.0695. The van der Waals surface area contributed by atoms with Gasteiger partial charge in [-0.25, -0.2) is 9.18 Å². The Balaban J connectivity index is 2.52. The average Bonchev–Trinajstić information content (AvgIpc) is 2.32. The van der Waals surface area contributed by atoms with Crippen molar-refractivity contribution >= 4 is 17.6 Å². The van der Waals surface area contributed by atoms with Crippen molar-refractivity contribution in [3.63, 3.8) is 0 Å². The van der Waals surface area contributed by atoms with Crippen LogP contribution in [0.4, 0.5) is 4.39 Å². The molecule has 0 spiro atoms. The number of H-pyrrole nitrogens is 1. The molecule has 6 heteroatoms. The zero-order valence-electron chi connectivity index (χ0n) is 8.91. The van der Waals surface area contributed by atoms with Crippen LogP contribution in [0.5, 0.6) is 0 Å². The highest BCUT2D eigenvalue weighted by Gasteiger charge is 2.10. The van der Waals surface area contributed by atoms with Crippen molar-refractivity contribution in [2.75, 3.05) is 0 Å². The van der Waals surface area contributed by atoms with Gasteiger partial charge in [0.05, 0.1) is 5.02 Å². The van der Waals surface area contributed by atoms with Crippen molar-refractivity contribution in [3.8, 4) is 11.3 Å². The minimum atomic E-state index is -1.31. The van der Waals surface area contributed by atoms with Gasteiger partial charge in [-0.05, 0) is 35.9 Å². The van der Waals surface area contributed by atoms with E-state index in [4.69, 9.17) is 16.7 Å². The molecule has 4 nitrogen and oxygen atoms in total. The first-order chi connectivity index (χ1) is 8.49. The number of pyridine rings is 1. The minimum absolute atomic E-state index is 0.0735. The molecule has 0 amide bonds. The SMILES string of the molecule is O=C(O)c1ccc(-c2ccc(F)c(Cl)c2)[nH]c1=O. The second-order valence-electron chi connectivity index (χ2n) is 3.55. The van der Waals surface area contributed by atoms with E-state index in [0.717, 1.165) is 0 Å². The zero-order chi connectivity index (χ0) is 13.3. The molecule has 1 aromatic carbocycles. The summed E-state index contributed by atoms with van der Waals surface area (Å²) in [6, 6.07) is 6.57. The Morgan fingerprint density at radius 3 is 2.56 bits per heavy atom. The third-order valence-electron chi connectivity index (χ3n) is 2.37. The van der Waals surface area contributed by atoms with Crippen LogP contribution in [0.2, 0.25) is 5.02 Å². The van der Waals surface area contributed by atoms with Gasteiger partial charge in [0.15, 0.2) is 0 Å². The van der Waals surface area contributed by atoms with E-state index in [1.165, 1.54) is 30.3 Å². The fourth-order valence-corrected chi connectivity index (χ4v) is 1.65. The first-order valence-corrected chi connectivity index (χ1v) is 5.29. The van der Waals surface area contributed by atoms with E-state index in [0.29, 0.717) is 11.3 Å². The van der Waals surface area contributed by atoms with Crippen LogP contribution in [0.3, 0.4) is 0 Å². The summed E-state index contributed by atoms with van der Waals surface area (Å²) < 4.78 is 13.0. The Labute approximate surface area is 106 Å². The van der Waals surface area contributed by atoms with Crippen LogP contribution >= 0.6 is 11.6 Å². The van der Waals surface area contributed by atoms with Gasteiger partial charge in [0.1, 0.15) is 11.4 Å². The summed E-state index contributed by atoms with van der Waals surface area (Å²) in [6.07, 6.45) is 0. The Morgan fingerprint density at radius 2 is 2.00 bits per heavy atom. The number of aromatic carboxylic acids is 1. The number of carboxylic acid groups (broad SMARTS) is 1. The summed E-state index contributed by atoms with van der Waals surface area (Å²) in [5.41, 5.74) is -0.213. The monoisotopic (exact) mass is 267 g/mol. The van der Waals surface area contributed by atoms with Crippen molar-refractivity contribution < 1.29 is 14.3 Å². The third kappa shape index (κ3) is 2.26. The number of nitrogens with one attached hydrogen (secondary N) is 1. The molecule has 2 N–H and O–H groups in total. The lowest BCUT2D eigenvalue weighted by Gasteiger charge is -2.03. The standard InChI is InChI=1S/C12H7ClFNO3/c13-8-5-6(1-3-9(8)14)10-4-2-7(12(17)18)11(16)15-10/h1-5H,(H,15,16)(H,17,18). The fourth-order valence-electron chi connectivity index (χ4n) is 1.47. The molecule has 0 saturated carbocycles. The number of carboxylic acids is 1. The van der Waals surface area contributed by atoms with Gasteiger partial charge in [-0.15, -0.1) is 0 Å². The van der Waals surface area contributed by atoms with E-state index >= 15 is 0 Å². The number of halogens is 2. The summed E-state index contributed by atoms with van der Waals surface area (Å²) in [7, 11) is 0. The summed E-state index contributed by atoms with van der Waals surface area (Å²) in [4.78, 5) is 24.5. The number of carbonyl (C=O) groups is 1. The molecule has 1 aromatic heterocycles. The average molecular weight is 268 g/mol. The number of hydrogen-bond donors (Lipinski definition) is 2. The lowest BCUT2D eigenvalue weighted by Crippen LogP contribution is -2.17. The molecule has 1 heterocycles. The van der Waals surface area contributed by atoms with E-state index in [1.54, 1.807) is 0 Å². The maximum absolute atomic E-state index is 13.0. The van der Waals surface area contributed by atoms with E-state index in [2.05, 4.69) is 4.98 Å². The molecule has 0 saturated heterocycles. The second-order valence-corrected chi connectivity index (χ2v) is 3.96. The topological polar surface area (TPSA) is 70.2 Å². The lowest BCUT2D eigenvalue weighted by atomic mass is 10.1. The molecule has 0 atom stereocenters. The van der Waals surface area contributed by atoms with Crippen LogP contribution in [0.1, 0.15) is 10.4 Å². The fraction of sp³-hybridized carbons (Fsp3) is 0. The Bertz CT molecular complexity index is 681. The van der Waals surface area contributed by atoms with Gasteiger partial charge in [-0.3, -0.25) is 4.79 Å². The highest BCUT2D eigenvalue weighted by atomic mass is 35.5. The van der Waals surface area contributed by atoms with Crippen molar-refractivity contribution in [3.05, 3.63) is 57.1 Å². The highest BCUT2D eigenvalue weighted by molar-refractivity contribution is 6.31. The summed E-state index contributed by atoms with van der Waals surface area (Å²) >= 11 is 5.62. The minimum Gasteiger partial charge on any atom is -0.477 e. The molecule has 2 rings (SSSR count). The largest absolute Gasteiger partial charge is 0.477 e. The number of hydrogen-bond acceptors (Lipinski definition) is 2. The van der Waals surface area contributed by atoms with Gasteiger partial charge >= 0.3 is 5.97 Å². The number of aromatic amines is 1. The van der Waals surface area contributed by atoms with E-state index < -0.39 is 17.3 Å². The third-order valence-corrected chi connectivity index (χ3v) is 2.66. The predicted molar refractivity (Wildman–Crippen MR) is 64.4 cm³/mol. The van der Waals surface area contributed by atoms with Crippen molar-refractivity contribution in [2.24, 2.45) is 0 Å². The summed E-state index contributed by atoms with van der Waals surface area (Å²) in [6.45, 7) is 0. The Hall–Kier alpha value is -2.14. The van der Waals surface area contributed by atoms with Gasteiger partial charge in [0.2, 0.25) is 0 Å². The molecule has 0 fully saturated rings. The molecule has 0 aliphatic heterocycles. The Morgan fingerprint density at radius 1 is 1.28 bits per heavy atom. The smallest absolute Gasteiger partial charge is 0.341 e. The molecule has 0 unspecified atom stereocenters. The quantitative estimate of drug-likeness (QED) is 0.878. The summed E-state index contributed by atoms with van der Waals surface area (Å²) in [5.74, 6) is -1.87. The van der Waals surface area contributed by atoms with Crippen LogP contribution in [0.15, 0.2) is 35.1 Å². The molecule has 0 aliphatic carbocycles. The number of rotatable bonds is 2. The van der Waals surface area contributed by atoms with E-state index in [1.807, 2.05) is 0 Å². The van der Waals surface area contributed by atoms with Crippen LogP contribution in [-0.4, -0.2) is 16.1 Å². The molecule has 0 aliphatic rings. The number of benzene rings is 1. The molecule has 92 valence electrons. The van der Waals surface area contributed by atoms with Crippen LogP contribution < -0.4 is 5.56 Å². The second kappa shape index (κ2) is 4.62. The van der Waals surface area contributed by atoms with Crippen LogP contribution in [-0.2, 0) is 0 Å². The van der Waals surface area contributed by atoms with Crippen molar-refractivity contribution in [1.82, 2.24) is 4.98 Å². The molecule has 0 radical (unpaired) electrons. The predicted octanol–water partition coefficient (Wildman–Crippen LogP) is 2.53. The maximum Gasteiger partial charge on any atom is 0.341 e. The van der Waals surface area contributed by atoms with E-state index in [-0.39, 0.29) is 10.6 Å². The molecular formula is C12H7ClFNO3. The molecule has 0 bridgehead atoms. The van der Waals surface area contributed by atoms with Gasteiger partial charge in [0.25, 0.3) is 5.56 Å². The number of aromatic nitrogens is 1. The molecule has 18 heavy (non-hydrogen) atoms. The molecular weight excluding hydrogens is 261 g/mol. The van der Waals surface area contributed by atoms with Crippen molar-refractivity contribution in [2.45, 2.75) is 0 Å².